The molecule has 1 aromatic carbocycles. The lowest BCUT2D eigenvalue weighted by molar-refractivity contribution is -0.113. The summed E-state index contributed by atoms with van der Waals surface area (Å²) in [6.07, 6.45) is 2.66. The minimum Gasteiger partial charge on any atom is -0.465 e. The number of carbonyl (C=O) groups is 2. The summed E-state index contributed by atoms with van der Waals surface area (Å²) in [6, 6.07) is 8.20. The number of hydrogen-bond donors (Lipinski definition) is 1. The number of hydrogen-bond acceptors (Lipinski definition) is 9. The monoisotopic (exact) mass is 548 g/mol. The number of amides is 1. The number of thioether (sulfide) groups is 1. The van der Waals surface area contributed by atoms with E-state index in [2.05, 4.69) is 22.4 Å². The highest BCUT2D eigenvalue weighted by Gasteiger charge is 2.29. The van der Waals surface area contributed by atoms with E-state index < -0.39 is 15.8 Å². The van der Waals surface area contributed by atoms with Gasteiger partial charge in [0.25, 0.3) is 0 Å². The highest BCUT2D eigenvalue weighted by atomic mass is 32.2. The lowest BCUT2D eigenvalue weighted by Crippen LogP contribution is -2.17. The molecular formula is C24H28N4O5S3. The van der Waals surface area contributed by atoms with Crippen molar-refractivity contribution in [3.05, 3.63) is 52.2 Å². The van der Waals surface area contributed by atoms with Gasteiger partial charge in [0.2, 0.25) is 5.91 Å². The Hall–Kier alpha value is -2.70. The largest absolute Gasteiger partial charge is 0.465 e. The summed E-state index contributed by atoms with van der Waals surface area (Å²) in [7, 11) is -2.24. The van der Waals surface area contributed by atoms with Gasteiger partial charge >= 0.3 is 5.97 Å². The molecule has 0 saturated carbocycles. The molecule has 12 heteroatoms. The highest BCUT2D eigenvalue weighted by molar-refractivity contribution is 7.99. The van der Waals surface area contributed by atoms with E-state index in [1.54, 1.807) is 34.9 Å². The Labute approximate surface area is 218 Å². The van der Waals surface area contributed by atoms with Crippen molar-refractivity contribution >= 4 is 49.8 Å². The van der Waals surface area contributed by atoms with Crippen LogP contribution >= 0.6 is 23.1 Å². The van der Waals surface area contributed by atoms with E-state index in [4.69, 9.17) is 4.74 Å². The number of methoxy groups -OCH3 is 1. The number of fused-ring (bicyclic) bond motifs is 1. The van der Waals surface area contributed by atoms with Gasteiger partial charge in [-0.1, -0.05) is 36.9 Å². The van der Waals surface area contributed by atoms with Crippen molar-refractivity contribution in [1.82, 2.24) is 14.8 Å². The zero-order valence-electron chi connectivity index (χ0n) is 20.3. The topological polar surface area (TPSA) is 120 Å². The maximum absolute atomic E-state index is 12.8. The first kappa shape index (κ1) is 26.4. The number of aromatic nitrogens is 3. The molecule has 1 N–H and O–H groups in total. The minimum atomic E-state index is -3.58. The van der Waals surface area contributed by atoms with Crippen LogP contribution in [0.2, 0.25) is 0 Å². The van der Waals surface area contributed by atoms with Crippen molar-refractivity contribution in [3.8, 4) is 0 Å². The lowest BCUT2D eigenvalue weighted by atomic mass is 9.88. The van der Waals surface area contributed by atoms with Crippen LogP contribution < -0.4 is 5.32 Å². The van der Waals surface area contributed by atoms with Crippen molar-refractivity contribution in [3.63, 3.8) is 0 Å². The third-order valence-corrected chi connectivity index (χ3v) is 9.78. The molecule has 1 aliphatic rings. The third-order valence-electron chi connectivity index (χ3n) is 6.02. The standard InChI is InChI=1S/C24H28N4O5S3/c1-4-28-19(14-36(31,32)16-8-6-5-7-9-16)26-27-24(28)34-13-20(29)25-22-21(23(30)33-3)17-11-10-15(2)12-18(17)35-22/h5-9,15H,4,10-14H2,1-3H3,(H,25,29). The van der Waals surface area contributed by atoms with Crippen molar-refractivity contribution in [2.24, 2.45) is 5.92 Å². The van der Waals surface area contributed by atoms with Crippen LogP contribution in [0.4, 0.5) is 5.00 Å². The van der Waals surface area contributed by atoms with E-state index in [0.717, 1.165) is 29.7 Å². The summed E-state index contributed by atoms with van der Waals surface area (Å²) >= 11 is 2.60. The molecule has 0 radical (unpaired) electrons. The van der Waals surface area contributed by atoms with Gasteiger partial charge < -0.3 is 14.6 Å². The molecule has 0 spiro atoms. The van der Waals surface area contributed by atoms with E-state index in [-0.39, 0.29) is 22.3 Å². The quantitative estimate of drug-likeness (QED) is 0.315. The minimum absolute atomic E-state index is 0.0309. The Balaban J connectivity index is 1.46. The van der Waals surface area contributed by atoms with E-state index >= 15 is 0 Å². The van der Waals surface area contributed by atoms with Gasteiger partial charge in [-0.05, 0) is 49.8 Å². The number of anilines is 1. The van der Waals surface area contributed by atoms with Crippen molar-refractivity contribution in [1.29, 1.82) is 0 Å². The number of thiophene rings is 1. The van der Waals surface area contributed by atoms with Crippen LogP contribution in [0.15, 0.2) is 40.4 Å². The molecule has 3 aromatic rings. The van der Waals surface area contributed by atoms with Gasteiger partial charge in [0.05, 0.1) is 23.3 Å². The number of rotatable bonds is 9. The second-order valence-electron chi connectivity index (χ2n) is 8.60. The molecule has 0 saturated heterocycles. The van der Waals surface area contributed by atoms with Crippen LogP contribution in [0.1, 0.15) is 46.9 Å². The van der Waals surface area contributed by atoms with E-state index in [1.165, 1.54) is 30.2 Å². The van der Waals surface area contributed by atoms with Crippen LogP contribution in [0.5, 0.6) is 0 Å². The number of sulfone groups is 1. The van der Waals surface area contributed by atoms with Crippen LogP contribution in [-0.4, -0.2) is 47.9 Å². The average Bonchev–Trinajstić information content (AvgIpc) is 3.41. The molecule has 2 heterocycles. The first-order valence-corrected chi connectivity index (χ1v) is 15.0. The summed E-state index contributed by atoms with van der Waals surface area (Å²) < 4.78 is 32.2. The smallest absolute Gasteiger partial charge is 0.341 e. The molecule has 1 atom stereocenters. The Kier molecular flexibility index (Phi) is 8.16. The van der Waals surface area contributed by atoms with Crippen LogP contribution in [0.25, 0.3) is 0 Å². The summed E-state index contributed by atoms with van der Waals surface area (Å²) in [5.41, 5.74) is 1.43. The predicted molar refractivity (Wildman–Crippen MR) is 139 cm³/mol. The van der Waals surface area contributed by atoms with Gasteiger partial charge in [0, 0.05) is 11.4 Å². The number of benzene rings is 1. The molecule has 2 aromatic heterocycles. The number of esters is 1. The first-order valence-electron chi connectivity index (χ1n) is 11.6. The first-order chi connectivity index (χ1) is 17.2. The molecule has 1 aliphatic carbocycles. The molecule has 1 unspecified atom stereocenters. The van der Waals surface area contributed by atoms with E-state index in [9.17, 15) is 18.0 Å². The lowest BCUT2D eigenvalue weighted by Gasteiger charge is -2.18. The van der Waals surface area contributed by atoms with Crippen molar-refractivity contribution in [2.45, 2.75) is 55.5 Å². The normalized spacial score (nSPS) is 15.4. The molecule has 36 heavy (non-hydrogen) atoms. The zero-order valence-corrected chi connectivity index (χ0v) is 22.8. The summed E-state index contributed by atoms with van der Waals surface area (Å²) in [4.78, 5) is 26.6. The fourth-order valence-corrected chi connectivity index (χ4v) is 7.71. The van der Waals surface area contributed by atoms with Gasteiger partial charge in [0.1, 0.15) is 16.6 Å². The van der Waals surface area contributed by atoms with Crippen molar-refractivity contribution in [2.75, 3.05) is 18.2 Å². The Morgan fingerprint density at radius 2 is 2.00 bits per heavy atom. The van der Waals surface area contributed by atoms with Crippen LogP contribution in [-0.2, 0) is 44.5 Å². The number of nitrogens with zero attached hydrogens (tertiary/aromatic N) is 3. The van der Waals surface area contributed by atoms with E-state index in [1.807, 2.05) is 6.92 Å². The number of ether oxygens (including phenoxy) is 1. The fraction of sp³-hybridized carbons (Fsp3) is 0.417. The maximum atomic E-state index is 12.8. The van der Waals surface area contributed by atoms with Gasteiger partial charge in [-0.2, -0.15) is 0 Å². The molecular weight excluding hydrogens is 520 g/mol. The van der Waals surface area contributed by atoms with Crippen molar-refractivity contribution < 1.29 is 22.7 Å². The SMILES string of the molecule is CCn1c(CS(=O)(=O)c2ccccc2)nnc1SCC(=O)Nc1sc2c(c1C(=O)OC)CCC(C)C2. The Morgan fingerprint density at radius 1 is 1.25 bits per heavy atom. The van der Waals surface area contributed by atoms with E-state index in [0.29, 0.717) is 34.0 Å². The van der Waals surface area contributed by atoms with Crippen LogP contribution in [0.3, 0.4) is 0 Å². The maximum Gasteiger partial charge on any atom is 0.341 e. The fourth-order valence-electron chi connectivity index (χ4n) is 4.18. The number of nitrogens with one attached hydrogen (secondary N) is 1. The van der Waals surface area contributed by atoms with Gasteiger partial charge in [-0.25, -0.2) is 13.2 Å². The third kappa shape index (κ3) is 5.65. The molecule has 0 fully saturated rings. The summed E-state index contributed by atoms with van der Waals surface area (Å²) in [5.74, 6) is -0.144. The molecule has 1 amide bonds. The van der Waals surface area contributed by atoms with Gasteiger partial charge in [0.15, 0.2) is 15.0 Å². The summed E-state index contributed by atoms with van der Waals surface area (Å²) in [6.45, 7) is 4.50. The Morgan fingerprint density at radius 3 is 2.69 bits per heavy atom. The summed E-state index contributed by atoms with van der Waals surface area (Å²) in [5, 5.41) is 12.1. The molecule has 192 valence electrons. The molecule has 0 aliphatic heterocycles. The molecule has 4 rings (SSSR count). The van der Waals surface area contributed by atoms with Gasteiger partial charge in [-0.3, -0.25) is 4.79 Å². The predicted octanol–water partition coefficient (Wildman–Crippen LogP) is 3.98. The zero-order chi connectivity index (χ0) is 25.9. The highest BCUT2D eigenvalue weighted by Crippen LogP contribution is 2.40. The number of carbonyl (C=O) groups excluding carboxylic acids is 2. The van der Waals surface area contributed by atoms with Crippen LogP contribution in [0, 0.1) is 5.92 Å². The second-order valence-corrected chi connectivity index (χ2v) is 12.6. The average molecular weight is 549 g/mol. The molecule has 9 nitrogen and oxygen atoms in total. The molecule has 0 bridgehead atoms. The second kappa shape index (κ2) is 11.1. The Bertz CT molecular complexity index is 1370. The van der Waals surface area contributed by atoms with Gasteiger partial charge in [-0.15, -0.1) is 21.5 Å².